The molecule has 0 bridgehead atoms. The minimum Gasteiger partial charge on any atom is -0.478 e. The van der Waals surface area contributed by atoms with E-state index in [0.29, 0.717) is 5.69 Å². The van der Waals surface area contributed by atoms with Crippen LogP contribution in [0, 0.1) is 0 Å². The largest absolute Gasteiger partial charge is 0.478 e. The molecule has 3 nitrogen and oxygen atoms in total. The van der Waals surface area contributed by atoms with Crippen molar-refractivity contribution < 1.29 is 9.90 Å². The molecule has 0 aliphatic carbocycles. The van der Waals surface area contributed by atoms with E-state index >= 15 is 0 Å². The van der Waals surface area contributed by atoms with Gasteiger partial charge in [-0.25, -0.2) is 4.79 Å². The van der Waals surface area contributed by atoms with Gasteiger partial charge in [0.25, 0.3) is 0 Å². The van der Waals surface area contributed by atoms with E-state index in [2.05, 4.69) is 0 Å². The van der Waals surface area contributed by atoms with Crippen LogP contribution >= 0.6 is 0 Å². The number of hydrogen-bond acceptors (Lipinski definition) is 2. The molecule has 3 N–H and O–H groups in total. The summed E-state index contributed by atoms with van der Waals surface area (Å²) in [6.45, 7) is 0. The number of para-hydroxylation sites is 1. The third-order valence-corrected chi connectivity index (χ3v) is 1.19. The summed E-state index contributed by atoms with van der Waals surface area (Å²) < 4.78 is 0. The predicted octanol–water partition coefficient (Wildman–Crippen LogP) is 0.205. The van der Waals surface area contributed by atoms with Gasteiger partial charge in [0.2, 0.25) is 0 Å². The number of benzene rings is 1. The van der Waals surface area contributed by atoms with Crippen LogP contribution in [0.4, 0.5) is 5.69 Å². The van der Waals surface area contributed by atoms with Gasteiger partial charge in [0, 0.05) is 108 Å². The zero-order valence-corrected chi connectivity index (χ0v) is 13.5. The summed E-state index contributed by atoms with van der Waals surface area (Å²) in [4.78, 5) is 10.3. The molecule has 0 heterocycles. The molecule has 0 fully saturated rings. The van der Waals surface area contributed by atoms with Crippen molar-refractivity contribution in [2.75, 3.05) is 5.73 Å². The van der Waals surface area contributed by atoms with Crippen molar-refractivity contribution in [2.24, 2.45) is 0 Å². The summed E-state index contributed by atoms with van der Waals surface area (Å²) in [6, 6.07) is 6.36. The van der Waals surface area contributed by atoms with E-state index in [1.54, 1.807) is 18.2 Å². The Balaban J connectivity index is 0. The third kappa shape index (κ3) is 4.85. The topological polar surface area (TPSA) is 63.3 Å². The minimum absolute atomic E-state index is 0. The molecule has 0 saturated carbocycles. The zero-order valence-electron chi connectivity index (χ0n) is 7.24. The van der Waals surface area contributed by atoms with Gasteiger partial charge in [-0.1, -0.05) is 12.1 Å². The molecule has 0 aromatic heterocycles. The van der Waals surface area contributed by atoms with E-state index in [0.717, 1.165) is 0 Å². The summed E-state index contributed by atoms with van der Waals surface area (Å²) in [5.41, 5.74) is 5.80. The fourth-order valence-electron chi connectivity index (χ4n) is 0.692. The fraction of sp³-hybridized carbons (Fsp3) is 0. The van der Waals surface area contributed by atoms with Crippen molar-refractivity contribution in [3.8, 4) is 0 Å². The van der Waals surface area contributed by atoms with Gasteiger partial charge in [0.05, 0.1) is 5.56 Å². The van der Waals surface area contributed by atoms with Gasteiger partial charge in [-0.2, -0.15) is 0 Å². The standard InChI is InChI=1S/C7H7NO2.2K/c8-6-4-2-1-3-5(6)7(9)10;;/h1-4H,8H2,(H,9,10);;. The van der Waals surface area contributed by atoms with Gasteiger partial charge in [0.1, 0.15) is 0 Å². The van der Waals surface area contributed by atoms with E-state index in [1.807, 2.05) is 0 Å². The molecule has 1 aromatic rings. The number of carboxylic acid groups (broad SMARTS) is 1. The van der Waals surface area contributed by atoms with Crippen LogP contribution in [-0.4, -0.2) is 114 Å². The number of hydrogen-bond donors (Lipinski definition) is 2. The Morgan fingerprint density at radius 2 is 1.75 bits per heavy atom. The summed E-state index contributed by atoms with van der Waals surface area (Å²) in [5.74, 6) is -0.988. The molecule has 0 spiro atoms. The summed E-state index contributed by atoms with van der Waals surface area (Å²) >= 11 is 0. The second kappa shape index (κ2) is 8.10. The molecule has 0 unspecified atom stereocenters. The molecule has 0 aliphatic heterocycles. The van der Waals surface area contributed by atoms with Crippen molar-refractivity contribution in [2.45, 2.75) is 0 Å². The van der Waals surface area contributed by atoms with Crippen LogP contribution in [0.1, 0.15) is 10.4 Å². The fourth-order valence-corrected chi connectivity index (χ4v) is 0.692. The van der Waals surface area contributed by atoms with E-state index in [1.165, 1.54) is 6.07 Å². The van der Waals surface area contributed by atoms with E-state index in [9.17, 15) is 4.79 Å². The monoisotopic (exact) mass is 215 g/mol. The second-order valence-corrected chi connectivity index (χ2v) is 1.89. The molecule has 1 aromatic carbocycles. The Kier molecular flexibility index (Phi) is 10.9. The molecule has 2 radical (unpaired) electrons. The third-order valence-electron chi connectivity index (χ3n) is 1.19. The van der Waals surface area contributed by atoms with Crippen LogP contribution in [0.25, 0.3) is 0 Å². The Bertz CT molecular complexity index is 265. The molecule has 0 amide bonds. The maximum atomic E-state index is 10.3. The normalized spacial score (nSPS) is 7.67. The van der Waals surface area contributed by atoms with Crippen LogP contribution in [0.3, 0.4) is 0 Å². The van der Waals surface area contributed by atoms with Gasteiger partial charge in [-0.15, -0.1) is 0 Å². The first-order chi connectivity index (χ1) is 4.72. The summed E-state index contributed by atoms with van der Waals surface area (Å²) in [5, 5.41) is 8.49. The Morgan fingerprint density at radius 3 is 2.08 bits per heavy atom. The number of anilines is 1. The zero-order chi connectivity index (χ0) is 7.56. The van der Waals surface area contributed by atoms with Crippen molar-refractivity contribution >= 4 is 114 Å². The van der Waals surface area contributed by atoms with Gasteiger partial charge in [0.15, 0.2) is 0 Å². The first-order valence-electron chi connectivity index (χ1n) is 2.79. The minimum atomic E-state index is -0.988. The van der Waals surface area contributed by atoms with Crippen molar-refractivity contribution in [1.82, 2.24) is 0 Å². The average molecular weight is 215 g/mol. The Morgan fingerprint density at radius 1 is 1.25 bits per heavy atom. The van der Waals surface area contributed by atoms with Crippen LogP contribution in [-0.2, 0) is 0 Å². The Labute approximate surface area is 156 Å². The van der Waals surface area contributed by atoms with E-state index < -0.39 is 5.97 Å². The van der Waals surface area contributed by atoms with Gasteiger partial charge >= 0.3 is 5.97 Å². The molecule has 1 rings (SSSR count). The van der Waals surface area contributed by atoms with Gasteiger partial charge in [-0.05, 0) is 12.1 Å². The molecule has 12 heavy (non-hydrogen) atoms. The molecule has 0 atom stereocenters. The molecule has 0 saturated heterocycles. The smallest absolute Gasteiger partial charge is 0.337 e. The average Bonchev–Trinajstić information content (AvgIpc) is 1.88. The maximum absolute atomic E-state index is 10.3. The van der Waals surface area contributed by atoms with Crippen LogP contribution < -0.4 is 5.73 Å². The number of nitrogens with two attached hydrogens (primary N) is 1. The number of carbonyl (C=O) groups is 1. The molecule has 5 heteroatoms. The first-order valence-corrected chi connectivity index (χ1v) is 2.79. The van der Waals surface area contributed by atoms with Crippen molar-refractivity contribution in [3.05, 3.63) is 29.8 Å². The van der Waals surface area contributed by atoms with E-state index in [-0.39, 0.29) is 108 Å². The number of carboxylic acids is 1. The SMILES string of the molecule is Nc1ccccc1C(=O)O.[K].[K]. The number of rotatable bonds is 1. The summed E-state index contributed by atoms with van der Waals surface area (Å²) in [6.07, 6.45) is 0. The molecular weight excluding hydrogens is 208 g/mol. The van der Waals surface area contributed by atoms with Crippen LogP contribution in [0.15, 0.2) is 24.3 Å². The quantitative estimate of drug-likeness (QED) is 0.520. The van der Waals surface area contributed by atoms with Gasteiger partial charge < -0.3 is 10.8 Å². The van der Waals surface area contributed by atoms with Crippen LogP contribution in [0.2, 0.25) is 0 Å². The first kappa shape index (κ1) is 16.2. The molecule has 0 aliphatic rings. The number of nitrogen functional groups attached to an aromatic ring is 1. The Hall–Kier alpha value is 1.76. The second-order valence-electron chi connectivity index (χ2n) is 1.89. The summed E-state index contributed by atoms with van der Waals surface area (Å²) in [7, 11) is 0. The van der Waals surface area contributed by atoms with Crippen molar-refractivity contribution in [1.29, 1.82) is 0 Å². The van der Waals surface area contributed by atoms with Gasteiger partial charge in [-0.3, -0.25) is 0 Å². The van der Waals surface area contributed by atoms with E-state index in [4.69, 9.17) is 10.8 Å². The predicted molar refractivity (Wildman–Crippen MR) is 49.3 cm³/mol. The van der Waals surface area contributed by atoms with Crippen molar-refractivity contribution in [3.63, 3.8) is 0 Å². The maximum Gasteiger partial charge on any atom is 0.337 e. The number of aromatic carboxylic acids is 1. The molecule has 54 valence electrons. The van der Waals surface area contributed by atoms with Crippen LogP contribution in [0.5, 0.6) is 0 Å². The molecular formula is C7H7K2NO2.